The number of nitrogens with zero attached hydrogens (tertiary/aromatic N) is 2. The number of fused-ring (bicyclic) bond motifs is 1. The Labute approximate surface area is 156 Å². The largest absolute Gasteiger partial charge is 0.371 e. The van der Waals surface area contributed by atoms with Crippen LogP contribution in [0.25, 0.3) is 10.2 Å². The summed E-state index contributed by atoms with van der Waals surface area (Å²) < 4.78 is 1.19. The second-order valence-electron chi connectivity index (χ2n) is 6.69. The van der Waals surface area contributed by atoms with Crippen LogP contribution < -0.4 is 16.0 Å². The van der Waals surface area contributed by atoms with Crippen LogP contribution in [0.2, 0.25) is 0 Å². The van der Waals surface area contributed by atoms with Gasteiger partial charge in [0.2, 0.25) is 5.91 Å². The number of primary amides is 1. The average Bonchev–Trinajstić information content (AvgIpc) is 3.10. The number of carbonyl (C=O) groups is 1. The quantitative estimate of drug-likeness (QED) is 0.724. The molecule has 6 heteroatoms. The SMILES string of the molecule is NC(=O)[C@@H]1CCCN(c2ccc(CNc3nc4ccccc4s3)cc2)C1. The molecule has 1 saturated heterocycles. The maximum Gasteiger partial charge on any atom is 0.222 e. The van der Waals surface area contributed by atoms with Crippen molar-refractivity contribution in [3.05, 3.63) is 54.1 Å². The minimum atomic E-state index is -0.189. The van der Waals surface area contributed by atoms with Crippen molar-refractivity contribution in [2.75, 3.05) is 23.3 Å². The lowest BCUT2D eigenvalue weighted by Gasteiger charge is -2.33. The fourth-order valence-electron chi connectivity index (χ4n) is 3.39. The molecule has 134 valence electrons. The van der Waals surface area contributed by atoms with Crippen molar-refractivity contribution in [3.63, 3.8) is 0 Å². The summed E-state index contributed by atoms with van der Waals surface area (Å²) in [5.74, 6) is -0.226. The number of anilines is 2. The molecule has 2 heterocycles. The Hall–Kier alpha value is -2.60. The Balaban J connectivity index is 1.39. The Morgan fingerprint density at radius 1 is 1.23 bits per heavy atom. The Bertz CT molecular complexity index is 873. The van der Waals surface area contributed by atoms with Crippen molar-refractivity contribution < 1.29 is 4.79 Å². The summed E-state index contributed by atoms with van der Waals surface area (Å²) in [7, 11) is 0. The predicted molar refractivity (Wildman–Crippen MR) is 108 cm³/mol. The molecule has 0 aliphatic carbocycles. The maximum atomic E-state index is 11.5. The number of rotatable bonds is 5. The Morgan fingerprint density at radius 2 is 2.04 bits per heavy atom. The van der Waals surface area contributed by atoms with Crippen molar-refractivity contribution >= 4 is 38.3 Å². The molecule has 5 nitrogen and oxygen atoms in total. The molecule has 0 saturated carbocycles. The third kappa shape index (κ3) is 3.65. The first-order chi connectivity index (χ1) is 12.7. The molecule has 1 amide bonds. The molecule has 1 aliphatic rings. The van der Waals surface area contributed by atoms with Crippen LogP contribution in [0.1, 0.15) is 18.4 Å². The van der Waals surface area contributed by atoms with Gasteiger partial charge in [-0.15, -0.1) is 0 Å². The minimum absolute atomic E-state index is 0.0378. The number of para-hydroxylation sites is 1. The zero-order valence-electron chi connectivity index (χ0n) is 14.5. The van der Waals surface area contributed by atoms with Crippen molar-refractivity contribution in [2.24, 2.45) is 11.7 Å². The molecule has 4 rings (SSSR count). The standard InChI is InChI=1S/C20H22N4OS/c21-19(25)15-4-3-11-24(13-15)16-9-7-14(8-10-16)12-22-20-23-17-5-1-2-6-18(17)26-20/h1-2,5-10,15H,3-4,11-13H2,(H2,21,25)(H,22,23)/t15-/m1/s1. The zero-order valence-corrected chi connectivity index (χ0v) is 15.3. The smallest absolute Gasteiger partial charge is 0.222 e. The van der Waals surface area contributed by atoms with E-state index < -0.39 is 0 Å². The van der Waals surface area contributed by atoms with Crippen LogP contribution in [0.3, 0.4) is 0 Å². The van der Waals surface area contributed by atoms with Crippen molar-refractivity contribution in [3.8, 4) is 0 Å². The van der Waals surface area contributed by atoms with Crippen LogP contribution in [-0.4, -0.2) is 24.0 Å². The molecule has 3 aromatic rings. The van der Waals surface area contributed by atoms with Crippen LogP contribution >= 0.6 is 11.3 Å². The third-order valence-electron chi connectivity index (χ3n) is 4.86. The van der Waals surface area contributed by atoms with E-state index in [0.717, 1.165) is 48.8 Å². The summed E-state index contributed by atoms with van der Waals surface area (Å²) in [4.78, 5) is 18.3. The highest BCUT2D eigenvalue weighted by Crippen LogP contribution is 2.26. The first-order valence-corrected chi connectivity index (χ1v) is 9.73. The lowest BCUT2D eigenvalue weighted by Crippen LogP contribution is -2.41. The number of carbonyl (C=O) groups excluding carboxylic acids is 1. The van der Waals surface area contributed by atoms with Gasteiger partial charge in [0.15, 0.2) is 5.13 Å². The fourth-order valence-corrected chi connectivity index (χ4v) is 4.26. The summed E-state index contributed by atoms with van der Waals surface area (Å²) >= 11 is 1.67. The second kappa shape index (κ2) is 7.33. The van der Waals surface area contributed by atoms with Crippen LogP contribution in [0.5, 0.6) is 0 Å². The highest BCUT2D eigenvalue weighted by atomic mass is 32.1. The monoisotopic (exact) mass is 366 g/mol. The van der Waals surface area contributed by atoms with Gasteiger partial charge >= 0.3 is 0 Å². The number of hydrogen-bond donors (Lipinski definition) is 2. The molecular weight excluding hydrogens is 344 g/mol. The van der Waals surface area contributed by atoms with E-state index in [1.165, 1.54) is 10.3 Å². The van der Waals surface area contributed by atoms with E-state index in [1.54, 1.807) is 11.3 Å². The summed E-state index contributed by atoms with van der Waals surface area (Å²) in [6.07, 6.45) is 1.91. The second-order valence-corrected chi connectivity index (χ2v) is 7.72. The summed E-state index contributed by atoms with van der Waals surface area (Å²) in [5.41, 5.74) is 8.86. The summed E-state index contributed by atoms with van der Waals surface area (Å²) in [5, 5.41) is 4.34. The molecule has 1 aromatic heterocycles. The van der Waals surface area contributed by atoms with Gasteiger partial charge in [-0.2, -0.15) is 0 Å². The molecule has 0 bridgehead atoms. The fraction of sp³-hybridized carbons (Fsp3) is 0.300. The van der Waals surface area contributed by atoms with E-state index in [-0.39, 0.29) is 11.8 Å². The number of benzene rings is 2. The van der Waals surface area contributed by atoms with Gasteiger partial charge in [0, 0.05) is 25.3 Å². The first-order valence-electron chi connectivity index (χ1n) is 8.92. The number of amides is 1. The summed E-state index contributed by atoms with van der Waals surface area (Å²) in [6.45, 7) is 2.44. The van der Waals surface area contributed by atoms with Gasteiger partial charge in [0.1, 0.15) is 0 Å². The third-order valence-corrected chi connectivity index (χ3v) is 5.86. The Morgan fingerprint density at radius 3 is 2.81 bits per heavy atom. The van der Waals surface area contributed by atoms with Crippen LogP contribution in [0, 0.1) is 5.92 Å². The van der Waals surface area contributed by atoms with E-state index in [2.05, 4.69) is 45.5 Å². The molecule has 3 N–H and O–H groups in total. The predicted octanol–water partition coefficient (Wildman–Crippen LogP) is 3.61. The highest BCUT2D eigenvalue weighted by Gasteiger charge is 2.23. The summed E-state index contributed by atoms with van der Waals surface area (Å²) in [6, 6.07) is 16.7. The molecule has 26 heavy (non-hydrogen) atoms. The normalized spacial score (nSPS) is 17.4. The van der Waals surface area contributed by atoms with Gasteiger partial charge in [-0.25, -0.2) is 4.98 Å². The minimum Gasteiger partial charge on any atom is -0.371 e. The van der Waals surface area contributed by atoms with Gasteiger partial charge in [-0.05, 0) is 42.7 Å². The number of nitrogens with one attached hydrogen (secondary N) is 1. The number of hydrogen-bond acceptors (Lipinski definition) is 5. The van der Waals surface area contributed by atoms with Gasteiger partial charge in [-0.1, -0.05) is 35.6 Å². The molecule has 2 aromatic carbocycles. The van der Waals surface area contributed by atoms with E-state index >= 15 is 0 Å². The molecule has 0 radical (unpaired) electrons. The van der Waals surface area contributed by atoms with E-state index in [4.69, 9.17) is 5.73 Å². The van der Waals surface area contributed by atoms with Crippen molar-refractivity contribution in [1.82, 2.24) is 4.98 Å². The first kappa shape index (κ1) is 16.8. The van der Waals surface area contributed by atoms with E-state index in [1.807, 2.05) is 18.2 Å². The molecule has 0 spiro atoms. The topological polar surface area (TPSA) is 71.2 Å². The van der Waals surface area contributed by atoms with Crippen molar-refractivity contribution in [2.45, 2.75) is 19.4 Å². The lowest BCUT2D eigenvalue weighted by molar-refractivity contribution is -0.122. The number of nitrogens with two attached hydrogens (primary N) is 1. The Kier molecular flexibility index (Phi) is 4.75. The average molecular weight is 366 g/mol. The van der Waals surface area contributed by atoms with Crippen LogP contribution in [0.4, 0.5) is 10.8 Å². The van der Waals surface area contributed by atoms with Crippen LogP contribution in [-0.2, 0) is 11.3 Å². The van der Waals surface area contributed by atoms with Gasteiger partial charge in [0.05, 0.1) is 16.1 Å². The van der Waals surface area contributed by atoms with E-state index in [9.17, 15) is 4.79 Å². The van der Waals surface area contributed by atoms with Gasteiger partial charge < -0.3 is 16.0 Å². The number of thiazole rings is 1. The molecular formula is C20H22N4OS. The molecule has 1 fully saturated rings. The molecule has 1 aliphatic heterocycles. The van der Waals surface area contributed by atoms with E-state index in [0.29, 0.717) is 0 Å². The van der Waals surface area contributed by atoms with Gasteiger partial charge in [0.25, 0.3) is 0 Å². The van der Waals surface area contributed by atoms with Crippen LogP contribution in [0.15, 0.2) is 48.5 Å². The zero-order chi connectivity index (χ0) is 17.9. The van der Waals surface area contributed by atoms with Crippen molar-refractivity contribution in [1.29, 1.82) is 0 Å². The molecule has 0 unspecified atom stereocenters. The number of aromatic nitrogens is 1. The van der Waals surface area contributed by atoms with Gasteiger partial charge in [-0.3, -0.25) is 4.79 Å². The highest BCUT2D eigenvalue weighted by molar-refractivity contribution is 7.22. The number of piperidine rings is 1. The maximum absolute atomic E-state index is 11.5. The lowest BCUT2D eigenvalue weighted by atomic mass is 9.97. The molecule has 1 atom stereocenters.